The number of carbonyl (C=O) groups excluding carboxylic acids is 1. The van der Waals surface area contributed by atoms with Crippen molar-refractivity contribution >= 4 is 33.6 Å². The van der Waals surface area contributed by atoms with E-state index in [9.17, 15) is 4.79 Å². The molecule has 0 unspecified atom stereocenters. The third-order valence-electron chi connectivity index (χ3n) is 1.73. The van der Waals surface area contributed by atoms with Crippen LogP contribution >= 0.6 is 27.7 Å². The van der Waals surface area contributed by atoms with Gasteiger partial charge in [-0.1, -0.05) is 27.7 Å². The Morgan fingerprint density at radius 1 is 1.82 bits per heavy atom. The second kappa shape index (κ2) is 2.68. The van der Waals surface area contributed by atoms with Gasteiger partial charge in [-0.15, -0.1) is 0 Å². The Balaban J connectivity index is 2.18. The number of rotatable bonds is 0. The largest absolute Gasteiger partial charge is 0.306 e. The first-order valence-corrected chi connectivity index (χ1v) is 5.07. The third kappa shape index (κ3) is 1.14. The van der Waals surface area contributed by atoms with Crippen molar-refractivity contribution in [1.82, 2.24) is 4.90 Å². The molecule has 1 fully saturated rings. The normalized spacial score (nSPS) is 32.1. The van der Waals surface area contributed by atoms with E-state index in [1.54, 1.807) is 16.7 Å². The monoisotopic (exact) mass is 231 g/mol. The average Bonchev–Trinajstić information content (AvgIpc) is 2.02. The fraction of sp³-hybridized carbons (Fsp3) is 0.286. The minimum Gasteiger partial charge on any atom is -0.306 e. The van der Waals surface area contributed by atoms with E-state index >= 15 is 0 Å². The molecule has 0 aromatic rings. The van der Waals surface area contributed by atoms with Crippen LogP contribution in [-0.2, 0) is 4.79 Å². The van der Waals surface area contributed by atoms with Crippen molar-refractivity contribution in [2.24, 2.45) is 0 Å². The van der Waals surface area contributed by atoms with E-state index in [0.717, 1.165) is 0 Å². The molecule has 2 rings (SSSR count). The maximum Gasteiger partial charge on any atom is 0.230 e. The zero-order chi connectivity index (χ0) is 7.84. The first kappa shape index (κ1) is 7.43. The smallest absolute Gasteiger partial charge is 0.230 e. The summed E-state index contributed by atoms with van der Waals surface area (Å²) in [4.78, 5) is 15.7. The van der Waals surface area contributed by atoms with E-state index < -0.39 is 0 Å². The maximum absolute atomic E-state index is 10.9. The first-order chi connectivity index (χ1) is 5.31. The molecule has 11 heavy (non-hydrogen) atoms. The summed E-state index contributed by atoms with van der Waals surface area (Å²) in [5.41, 5.74) is 0. The number of allylic oxidation sites excluding steroid dienone is 1. The molecule has 2 aliphatic rings. The third-order valence-corrected chi connectivity index (χ3v) is 3.71. The van der Waals surface area contributed by atoms with Gasteiger partial charge in [0.2, 0.25) is 5.91 Å². The summed E-state index contributed by atoms with van der Waals surface area (Å²) in [5, 5.41) is 0.358. The zero-order valence-electron chi connectivity index (χ0n) is 5.66. The van der Waals surface area contributed by atoms with Gasteiger partial charge >= 0.3 is 0 Å². The van der Waals surface area contributed by atoms with Gasteiger partial charge in [0, 0.05) is 11.1 Å². The van der Waals surface area contributed by atoms with Gasteiger partial charge in [0.1, 0.15) is 0 Å². The van der Waals surface area contributed by atoms with Gasteiger partial charge in [0.25, 0.3) is 0 Å². The highest BCUT2D eigenvalue weighted by Gasteiger charge is 2.37. The number of fused-ring (bicyclic) bond motifs is 1. The van der Waals surface area contributed by atoms with E-state index in [1.165, 1.54) is 4.91 Å². The molecular formula is C7H6BrNOS. The predicted octanol–water partition coefficient (Wildman–Crippen LogP) is 2.04. The summed E-state index contributed by atoms with van der Waals surface area (Å²) in [6.45, 7) is 0. The molecule has 1 atom stereocenters. The van der Waals surface area contributed by atoms with E-state index in [2.05, 4.69) is 15.9 Å². The summed E-state index contributed by atoms with van der Waals surface area (Å²) in [7, 11) is 0. The molecular weight excluding hydrogens is 226 g/mol. The fourth-order valence-electron chi connectivity index (χ4n) is 1.09. The van der Waals surface area contributed by atoms with Crippen LogP contribution in [0.4, 0.5) is 0 Å². The molecule has 1 saturated heterocycles. The van der Waals surface area contributed by atoms with Crippen LogP contribution in [0, 0.1) is 0 Å². The lowest BCUT2D eigenvalue weighted by Crippen LogP contribution is -2.48. The van der Waals surface area contributed by atoms with Crippen LogP contribution in [0.3, 0.4) is 0 Å². The van der Waals surface area contributed by atoms with E-state index in [-0.39, 0.29) is 5.91 Å². The Morgan fingerprint density at radius 3 is 3.18 bits per heavy atom. The Kier molecular flexibility index (Phi) is 1.81. The molecule has 58 valence electrons. The van der Waals surface area contributed by atoms with Crippen molar-refractivity contribution in [1.29, 1.82) is 0 Å². The minimum atomic E-state index is 0.229. The van der Waals surface area contributed by atoms with Crippen molar-refractivity contribution < 1.29 is 4.79 Å². The standard InChI is InChI=1S/C7H6BrNOS/c8-4-5-1-2-9-6(10)3-7(9)11-5/h1-2,4,7H,3H2/b5-4-/t7-/m1/s1. The number of thioether (sulfide) groups is 1. The van der Waals surface area contributed by atoms with Crippen molar-refractivity contribution in [2.75, 3.05) is 0 Å². The predicted molar refractivity (Wildman–Crippen MR) is 49.0 cm³/mol. The molecule has 0 aromatic heterocycles. The van der Waals surface area contributed by atoms with Crippen LogP contribution in [0.5, 0.6) is 0 Å². The molecule has 2 nitrogen and oxygen atoms in total. The lowest BCUT2D eigenvalue weighted by molar-refractivity contribution is -0.137. The Labute approximate surface area is 77.5 Å². The number of β-lactam (4-membered cyclic amide) rings is 1. The zero-order valence-corrected chi connectivity index (χ0v) is 8.06. The maximum atomic E-state index is 10.9. The highest BCUT2D eigenvalue weighted by Crippen LogP contribution is 2.39. The molecule has 4 heteroatoms. The number of amides is 1. The van der Waals surface area contributed by atoms with Crippen molar-refractivity contribution in [3.8, 4) is 0 Å². The fourth-order valence-corrected chi connectivity index (χ4v) is 2.60. The molecule has 0 N–H and O–H groups in total. The quantitative estimate of drug-likeness (QED) is 0.595. The second-order valence-electron chi connectivity index (χ2n) is 2.40. The van der Waals surface area contributed by atoms with Crippen LogP contribution < -0.4 is 0 Å². The van der Waals surface area contributed by atoms with Gasteiger partial charge in [-0.2, -0.15) is 0 Å². The average molecular weight is 232 g/mol. The Hall–Kier alpha value is -0.220. The Morgan fingerprint density at radius 2 is 2.64 bits per heavy atom. The summed E-state index contributed by atoms with van der Waals surface area (Å²) >= 11 is 4.98. The van der Waals surface area contributed by atoms with Crippen LogP contribution in [0.15, 0.2) is 22.2 Å². The van der Waals surface area contributed by atoms with E-state index in [1.807, 2.05) is 17.3 Å². The van der Waals surface area contributed by atoms with Crippen LogP contribution in [-0.4, -0.2) is 16.2 Å². The number of nitrogens with zero attached hydrogens (tertiary/aromatic N) is 1. The summed E-state index contributed by atoms with van der Waals surface area (Å²) in [6, 6.07) is 0. The summed E-state index contributed by atoms with van der Waals surface area (Å²) in [6.07, 6.45) is 4.46. The van der Waals surface area contributed by atoms with Gasteiger partial charge < -0.3 is 4.90 Å². The molecule has 0 radical (unpaired) electrons. The minimum absolute atomic E-state index is 0.229. The van der Waals surface area contributed by atoms with Crippen molar-refractivity contribution in [3.05, 3.63) is 22.2 Å². The summed E-state index contributed by atoms with van der Waals surface area (Å²) in [5.74, 6) is 0.229. The molecule has 2 heterocycles. The van der Waals surface area contributed by atoms with Gasteiger partial charge in [-0.25, -0.2) is 0 Å². The molecule has 0 saturated carbocycles. The van der Waals surface area contributed by atoms with E-state index in [4.69, 9.17) is 0 Å². The van der Waals surface area contributed by atoms with E-state index in [0.29, 0.717) is 11.8 Å². The molecule has 1 amide bonds. The summed E-state index contributed by atoms with van der Waals surface area (Å²) < 4.78 is 0. The van der Waals surface area contributed by atoms with Crippen LogP contribution in [0.2, 0.25) is 0 Å². The number of carbonyl (C=O) groups is 1. The van der Waals surface area contributed by atoms with Crippen molar-refractivity contribution in [2.45, 2.75) is 11.8 Å². The van der Waals surface area contributed by atoms with Crippen LogP contribution in [0.1, 0.15) is 6.42 Å². The lowest BCUT2D eigenvalue weighted by atomic mass is 10.2. The van der Waals surface area contributed by atoms with Gasteiger partial charge in [0.05, 0.1) is 11.8 Å². The van der Waals surface area contributed by atoms with Gasteiger partial charge in [0.15, 0.2) is 0 Å². The number of hydrogen-bond donors (Lipinski definition) is 0. The lowest BCUT2D eigenvalue weighted by Gasteiger charge is -2.39. The molecule has 0 aromatic carbocycles. The first-order valence-electron chi connectivity index (χ1n) is 3.27. The van der Waals surface area contributed by atoms with Crippen molar-refractivity contribution in [3.63, 3.8) is 0 Å². The highest BCUT2D eigenvalue weighted by atomic mass is 79.9. The number of halogens is 1. The SMILES string of the molecule is O=C1C[C@H]2S/C(=C\Br)C=CN12. The molecule has 2 aliphatic heterocycles. The Bertz CT molecular complexity index is 261. The molecule has 0 aliphatic carbocycles. The molecule has 0 spiro atoms. The van der Waals surface area contributed by atoms with Crippen LogP contribution in [0.25, 0.3) is 0 Å². The highest BCUT2D eigenvalue weighted by molar-refractivity contribution is 9.11. The second-order valence-corrected chi connectivity index (χ2v) is 4.11. The van der Waals surface area contributed by atoms with Gasteiger partial charge in [-0.05, 0) is 11.1 Å². The molecule has 0 bridgehead atoms. The topological polar surface area (TPSA) is 20.3 Å². The number of hydrogen-bond acceptors (Lipinski definition) is 2. The van der Waals surface area contributed by atoms with Gasteiger partial charge in [-0.3, -0.25) is 4.79 Å².